The SMILES string of the molecule is C=C(Cl)S/C(=C\N)C(C)(C)C. The summed E-state index contributed by atoms with van der Waals surface area (Å²) in [7, 11) is 0. The highest BCUT2D eigenvalue weighted by atomic mass is 35.5. The van der Waals surface area contributed by atoms with E-state index < -0.39 is 0 Å². The van der Waals surface area contributed by atoms with Crippen LogP contribution in [0.15, 0.2) is 22.0 Å². The Morgan fingerprint density at radius 3 is 2.09 bits per heavy atom. The van der Waals surface area contributed by atoms with Gasteiger partial charge in [-0.2, -0.15) is 0 Å². The van der Waals surface area contributed by atoms with Crippen LogP contribution in [0.3, 0.4) is 0 Å². The quantitative estimate of drug-likeness (QED) is 0.725. The molecule has 0 rings (SSSR count). The summed E-state index contributed by atoms with van der Waals surface area (Å²) in [6.45, 7) is 9.83. The van der Waals surface area contributed by atoms with E-state index in [1.807, 2.05) is 0 Å². The number of hydrogen-bond acceptors (Lipinski definition) is 2. The van der Waals surface area contributed by atoms with Gasteiger partial charge in [0, 0.05) is 11.1 Å². The lowest BCUT2D eigenvalue weighted by molar-refractivity contribution is 0.532. The Morgan fingerprint density at radius 2 is 2.00 bits per heavy atom. The molecule has 0 spiro atoms. The zero-order valence-corrected chi connectivity index (χ0v) is 8.72. The van der Waals surface area contributed by atoms with Crippen LogP contribution < -0.4 is 5.73 Å². The van der Waals surface area contributed by atoms with Crippen molar-refractivity contribution in [3.05, 3.63) is 22.0 Å². The second-order valence-corrected chi connectivity index (χ2v) is 5.06. The first-order valence-electron chi connectivity index (χ1n) is 3.32. The molecule has 0 heterocycles. The highest BCUT2D eigenvalue weighted by molar-refractivity contribution is 8.08. The minimum Gasteiger partial charge on any atom is -0.404 e. The number of thioether (sulfide) groups is 1. The van der Waals surface area contributed by atoms with Crippen molar-refractivity contribution in [2.75, 3.05) is 0 Å². The highest BCUT2D eigenvalue weighted by Gasteiger charge is 2.17. The number of nitrogens with two attached hydrogens (primary N) is 1. The average Bonchev–Trinajstić information content (AvgIpc) is 1.79. The van der Waals surface area contributed by atoms with Gasteiger partial charge in [0.05, 0.1) is 4.36 Å². The predicted molar refractivity (Wildman–Crippen MR) is 54.3 cm³/mol. The van der Waals surface area contributed by atoms with Gasteiger partial charge in [0.2, 0.25) is 0 Å². The molecular weight excluding hydrogens is 178 g/mol. The second kappa shape index (κ2) is 4.07. The summed E-state index contributed by atoms with van der Waals surface area (Å²) in [5.74, 6) is 0. The Kier molecular flexibility index (Phi) is 4.04. The number of hydrogen-bond donors (Lipinski definition) is 1. The number of rotatable bonds is 2. The van der Waals surface area contributed by atoms with Crippen molar-refractivity contribution in [3.63, 3.8) is 0 Å². The third kappa shape index (κ3) is 4.38. The maximum atomic E-state index is 5.63. The summed E-state index contributed by atoms with van der Waals surface area (Å²) in [6.07, 6.45) is 1.58. The van der Waals surface area contributed by atoms with Crippen LogP contribution in [-0.2, 0) is 0 Å². The molecule has 2 N–H and O–H groups in total. The Morgan fingerprint density at radius 1 is 1.55 bits per heavy atom. The van der Waals surface area contributed by atoms with Gasteiger partial charge in [-0.15, -0.1) is 0 Å². The van der Waals surface area contributed by atoms with Gasteiger partial charge in [-0.05, 0) is 5.41 Å². The van der Waals surface area contributed by atoms with Gasteiger partial charge in [-0.3, -0.25) is 0 Å². The fourth-order valence-corrected chi connectivity index (χ4v) is 1.42. The summed E-state index contributed by atoms with van der Waals surface area (Å²) < 4.78 is 0.552. The summed E-state index contributed by atoms with van der Waals surface area (Å²) in [5.41, 5.74) is 5.48. The molecule has 0 aromatic carbocycles. The van der Waals surface area contributed by atoms with E-state index in [2.05, 4.69) is 27.4 Å². The van der Waals surface area contributed by atoms with Gasteiger partial charge in [-0.25, -0.2) is 0 Å². The van der Waals surface area contributed by atoms with Gasteiger partial charge in [0.25, 0.3) is 0 Å². The van der Waals surface area contributed by atoms with Crippen molar-refractivity contribution in [3.8, 4) is 0 Å². The normalized spacial score (nSPS) is 13.3. The van der Waals surface area contributed by atoms with Crippen LogP contribution in [0.5, 0.6) is 0 Å². The van der Waals surface area contributed by atoms with Crippen LogP contribution in [0.4, 0.5) is 0 Å². The largest absolute Gasteiger partial charge is 0.404 e. The molecule has 0 saturated heterocycles. The Bertz CT molecular complexity index is 179. The van der Waals surface area contributed by atoms with Gasteiger partial charge in [0.15, 0.2) is 0 Å². The molecule has 0 atom stereocenters. The molecule has 64 valence electrons. The topological polar surface area (TPSA) is 26.0 Å². The van der Waals surface area contributed by atoms with E-state index in [0.29, 0.717) is 4.36 Å². The standard InChI is InChI=1S/C8H14ClNS/c1-6(9)11-7(5-10)8(2,3)4/h5H,1,10H2,2-4H3/b7-5-. The minimum atomic E-state index is 0.0528. The maximum absolute atomic E-state index is 5.63. The first kappa shape index (κ1) is 10.9. The van der Waals surface area contributed by atoms with E-state index in [9.17, 15) is 0 Å². The van der Waals surface area contributed by atoms with Crippen molar-refractivity contribution in [2.24, 2.45) is 11.1 Å². The first-order chi connectivity index (χ1) is 4.88. The van der Waals surface area contributed by atoms with Crippen LogP contribution in [0.25, 0.3) is 0 Å². The lowest BCUT2D eigenvalue weighted by atomic mass is 9.97. The second-order valence-electron chi connectivity index (χ2n) is 3.24. The summed E-state index contributed by atoms with van der Waals surface area (Å²) >= 11 is 7.04. The molecule has 0 aromatic heterocycles. The fraction of sp³-hybridized carbons (Fsp3) is 0.500. The van der Waals surface area contributed by atoms with Crippen molar-refractivity contribution in [1.82, 2.24) is 0 Å². The molecule has 0 saturated carbocycles. The van der Waals surface area contributed by atoms with Crippen LogP contribution in [0.1, 0.15) is 20.8 Å². The molecule has 3 heteroatoms. The summed E-state index contributed by atoms with van der Waals surface area (Å²) in [4.78, 5) is 1.04. The van der Waals surface area contributed by atoms with E-state index >= 15 is 0 Å². The first-order valence-corrected chi connectivity index (χ1v) is 4.52. The Labute approximate surface area is 77.7 Å². The molecule has 0 unspecified atom stereocenters. The van der Waals surface area contributed by atoms with Crippen LogP contribution >= 0.6 is 23.4 Å². The van der Waals surface area contributed by atoms with Crippen molar-refractivity contribution < 1.29 is 0 Å². The van der Waals surface area contributed by atoms with E-state index in [1.165, 1.54) is 11.8 Å². The average molecular weight is 192 g/mol. The van der Waals surface area contributed by atoms with E-state index in [4.69, 9.17) is 17.3 Å². The molecule has 0 radical (unpaired) electrons. The molecule has 0 bridgehead atoms. The van der Waals surface area contributed by atoms with E-state index in [0.717, 1.165) is 4.91 Å². The van der Waals surface area contributed by atoms with Crippen molar-refractivity contribution in [1.29, 1.82) is 0 Å². The summed E-state index contributed by atoms with van der Waals surface area (Å²) in [5, 5.41) is 0. The molecule has 0 aliphatic heterocycles. The van der Waals surface area contributed by atoms with Crippen LogP contribution in [0.2, 0.25) is 0 Å². The predicted octanol–water partition coefficient (Wildman–Crippen LogP) is 3.28. The molecule has 0 fully saturated rings. The Balaban J connectivity index is 4.33. The van der Waals surface area contributed by atoms with Crippen LogP contribution in [0, 0.1) is 5.41 Å². The van der Waals surface area contributed by atoms with Crippen LogP contribution in [-0.4, -0.2) is 0 Å². The van der Waals surface area contributed by atoms with Crippen molar-refractivity contribution >= 4 is 23.4 Å². The highest BCUT2D eigenvalue weighted by Crippen LogP contribution is 2.38. The van der Waals surface area contributed by atoms with Gasteiger partial charge in [-0.1, -0.05) is 50.7 Å². The number of halogens is 1. The monoisotopic (exact) mass is 191 g/mol. The zero-order chi connectivity index (χ0) is 9.07. The molecule has 0 aliphatic carbocycles. The van der Waals surface area contributed by atoms with Gasteiger partial charge >= 0.3 is 0 Å². The molecular formula is C8H14ClNS. The fourth-order valence-electron chi connectivity index (χ4n) is 0.556. The molecule has 0 amide bonds. The van der Waals surface area contributed by atoms with Crippen molar-refractivity contribution in [2.45, 2.75) is 20.8 Å². The molecule has 0 aliphatic rings. The van der Waals surface area contributed by atoms with Gasteiger partial charge < -0.3 is 5.73 Å². The lowest BCUT2D eigenvalue weighted by Gasteiger charge is -2.20. The maximum Gasteiger partial charge on any atom is 0.0708 e. The molecule has 1 nitrogen and oxygen atoms in total. The van der Waals surface area contributed by atoms with E-state index in [1.54, 1.807) is 6.20 Å². The van der Waals surface area contributed by atoms with Gasteiger partial charge in [0.1, 0.15) is 0 Å². The Hall–Kier alpha value is -0.0800. The zero-order valence-electron chi connectivity index (χ0n) is 7.15. The smallest absolute Gasteiger partial charge is 0.0708 e. The lowest BCUT2D eigenvalue weighted by Crippen LogP contribution is -2.08. The molecule has 0 aromatic rings. The third-order valence-electron chi connectivity index (χ3n) is 1.11. The number of allylic oxidation sites excluding steroid dienone is 1. The van der Waals surface area contributed by atoms with E-state index in [-0.39, 0.29) is 5.41 Å². The summed E-state index contributed by atoms with van der Waals surface area (Å²) in [6, 6.07) is 0. The third-order valence-corrected chi connectivity index (χ3v) is 2.53. The molecule has 11 heavy (non-hydrogen) atoms. The minimum absolute atomic E-state index is 0.0528.